The number of hydrogen-bond acceptors (Lipinski definition) is 7. The van der Waals surface area contributed by atoms with Gasteiger partial charge >= 0.3 is 17.9 Å². The van der Waals surface area contributed by atoms with Crippen LogP contribution in [0.3, 0.4) is 0 Å². The fourth-order valence-electron chi connectivity index (χ4n) is 4.97. The number of esters is 3. The van der Waals surface area contributed by atoms with E-state index in [2.05, 4.69) is 13.8 Å². The molecular weight excluding hydrogens is 580 g/mol. The minimum absolute atomic E-state index is 0.279. The number of rotatable bonds is 25. The van der Waals surface area contributed by atoms with Crippen molar-refractivity contribution in [2.75, 3.05) is 13.2 Å². The van der Waals surface area contributed by atoms with Gasteiger partial charge in [0.25, 0.3) is 0 Å². The van der Waals surface area contributed by atoms with Gasteiger partial charge in [0.15, 0.2) is 5.92 Å². The van der Waals surface area contributed by atoms with Gasteiger partial charge in [-0.05, 0) is 42.7 Å². The van der Waals surface area contributed by atoms with Crippen molar-refractivity contribution < 1.29 is 33.4 Å². The van der Waals surface area contributed by atoms with Gasteiger partial charge in [-0.2, -0.15) is 0 Å². The molecule has 0 aliphatic rings. The summed E-state index contributed by atoms with van der Waals surface area (Å²) in [6, 6.07) is 12.9. The lowest BCUT2D eigenvalue weighted by molar-refractivity contribution is -0.159. The lowest BCUT2D eigenvalue weighted by atomic mass is 10.1. The van der Waals surface area contributed by atoms with E-state index in [1.165, 1.54) is 82.4 Å². The summed E-state index contributed by atoms with van der Waals surface area (Å²) in [5, 5.41) is 0. The summed E-state index contributed by atoms with van der Waals surface area (Å²) >= 11 is 0. The van der Waals surface area contributed by atoms with Gasteiger partial charge in [0.1, 0.15) is 12.0 Å². The number of unbranched alkanes of at least 4 members (excludes halogenated alkanes) is 14. The van der Waals surface area contributed by atoms with Crippen molar-refractivity contribution in [2.24, 2.45) is 5.92 Å². The summed E-state index contributed by atoms with van der Waals surface area (Å²) in [5.74, 6) is -2.57. The highest BCUT2D eigenvalue weighted by molar-refractivity contribution is 5.97. The maximum absolute atomic E-state index is 13.0. The smallest absolute Gasteiger partial charge is 0.343 e. The van der Waals surface area contributed by atoms with E-state index in [0.717, 1.165) is 38.5 Å². The van der Waals surface area contributed by atoms with Crippen LogP contribution in [0.1, 0.15) is 143 Å². The quantitative estimate of drug-likeness (QED) is 0.0353. The standard InChI is InChI=1S/C39H54O7/c1-3-5-7-9-11-13-15-17-29-44-38(42)36(39(43)45-30-18-16-14-12-10-8-6-4-2)28-23-32-21-26-35(27-22-32)46-37(41)34-24-19-33(31-40)20-25-34/h19-28,31,36H,3-18,29-30H2,1-2H3. The van der Waals surface area contributed by atoms with Crippen LogP contribution in [0.15, 0.2) is 54.6 Å². The maximum Gasteiger partial charge on any atom is 0.343 e. The summed E-state index contributed by atoms with van der Waals surface area (Å²) < 4.78 is 16.4. The van der Waals surface area contributed by atoms with Crippen LogP contribution >= 0.6 is 0 Å². The van der Waals surface area contributed by atoms with Gasteiger partial charge in [-0.15, -0.1) is 0 Å². The Morgan fingerprint density at radius 1 is 0.587 bits per heavy atom. The predicted octanol–water partition coefficient (Wildman–Crippen LogP) is 9.72. The molecule has 0 fully saturated rings. The van der Waals surface area contributed by atoms with Crippen LogP contribution in [0.25, 0.3) is 6.08 Å². The highest BCUT2D eigenvalue weighted by atomic mass is 16.6. The molecule has 0 aliphatic carbocycles. The topological polar surface area (TPSA) is 96.0 Å². The SMILES string of the molecule is CCCCCCCCCCOC(=O)C(C=Cc1ccc(OC(=O)c2ccc(C=O)cc2)cc1)C(=O)OCCCCCCCCCC. The molecule has 2 aromatic carbocycles. The van der Waals surface area contributed by atoms with Gasteiger partial charge in [-0.25, -0.2) is 4.79 Å². The van der Waals surface area contributed by atoms with Crippen LogP contribution in [0.4, 0.5) is 0 Å². The van der Waals surface area contributed by atoms with E-state index in [-0.39, 0.29) is 13.2 Å². The van der Waals surface area contributed by atoms with Crippen molar-refractivity contribution in [1.29, 1.82) is 0 Å². The highest BCUT2D eigenvalue weighted by Crippen LogP contribution is 2.18. The lowest BCUT2D eigenvalue weighted by Crippen LogP contribution is -2.27. The molecule has 0 heterocycles. The Morgan fingerprint density at radius 2 is 1.02 bits per heavy atom. The van der Waals surface area contributed by atoms with Gasteiger partial charge in [0.05, 0.1) is 18.8 Å². The Kier molecular flexibility index (Phi) is 20.5. The van der Waals surface area contributed by atoms with Crippen LogP contribution in [0.5, 0.6) is 5.75 Å². The zero-order valence-corrected chi connectivity index (χ0v) is 28.0. The maximum atomic E-state index is 13.0. The molecule has 7 nitrogen and oxygen atoms in total. The molecule has 252 valence electrons. The molecule has 0 saturated heterocycles. The second-order valence-electron chi connectivity index (χ2n) is 11.8. The number of hydrogen-bond donors (Lipinski definition) is 0. The molecule has 2 rings (SSSR count). The van der Waals surface area contributed by atoms with Crippen LogP contribution in [0.2, 0.25) is 0 Å². The lowest BCUT2D eigenvalue weighted by Gasteiger charge is -2.13. The Balaban J connectivity index is 1.90. The molecule has 0 bridgehead atoms. The molecule has 0 spiro atoms. The third kappa shape index (κ3) is 16.5. The molecule has 46 heavy (non-hydrogen) atoms. The fourth-order valence-corrected chi connectivity index (χ4v) is 4.97. The average Bonchev–Trinajstić information content (AvgIpc) is 3.07. The number of aldehydes is 1. The van der Waals surface area contributed by atoms with Crippen molar-refractivity contribution in [3.05, 3.63) is 71.3 Å². The number of carbonyl (C=O) groups excluding carboxylic acids is 4. The van der Waals surface area contributed by atoms with Gasteiger partial charge in [-0.1, -0.05) is 140 Å². The van der Waals surface area contributed by atoms with E-state index in [1.54, 1.807) is 42.5 Å². The number of ether oxygens (including phenoxy) is 3. The molecular formula is C39H54O7. The van der Waals surface area contributed by atoms with E-state index in [0.29, 0.717) is 28.7 Å². The van der Waals surface area contributed by atoms with Gasteiger partial charge in [0, 0.05) is 5.56 Å². The number of benzene rings is 2. The highest BCUT2D eigenvalue weighted by Gasteiger charge is 2.27. The van der Waals surface area contributed by atoms with Gasteiger partial charge in [-0.3, -0.25) is 14.4 Å². The molecule has 0 radical (unpaired) electrons. The Morgan fingerprint density at radius 3 is 1.48 bits per heavy atom. The van der Waals surface area contributed by atoms with Crippen LogP contribution in [-0.2, 0) is 19.1 Å². The first-order chi connectivity index (χ1) is 22.5. The Labute approximate surface area is 276 Å². The van der Waals surface area contributed by atoms with E-state index in [4.69, 9.17) is 14.2 Å². The largest absolute Gasteiger partial charge is 0.465 e. The van der Waals surface area contributed by atoms with Crippen LogP contribution in [-0.4, -0.2) is 37.4 Å². The molecule has 0 atom stereocenters. The minimum atomic E-state index is -1.16. The summed E-state index contributed by atoms with van der Waals surface area (Å²) in [7, 11) is 0. The third-order valence-electron chi connectivity index (χ3n) is 7.85. The first-order valence-electron chi connectivity index (χ1n) is 17.4. The van der Waals surface area contributed by atoms with Gasteiger partial charge in [0.2, 0.25) is 0 Å². The first-order valence-corrected chi connectivity index (χ1v) is 17.4. The first kappa shape index (κ1) is 38.4. The second-order valence-corrected chi connectivity index (χ2v) is 11.8. The Bertz CT molecular complexity index is 1130. The van der Waals surface area contributed by atoms with Crippen LogP contribution < -0.4 is 4.74 Å². The molecule has 0 amide bonds. The third-order valence-corrected chi connectivity index (χ3v) is 7.85. The molecule has 0 N–H and O–H groups in total. The normalized spacial score (nSPS) is 11.1. The van der Waals surface area contributed by atoms with E-state index < -0.39 is 23.8 Å². The number of carbonyl (C=O) groups is 4. The van der Waals surface area contributed by atoms with Crippen molar-refractivity contribution in [3.8, 4) is 5.75 Å². The molecule has 7 heteroatoms. The zero-order valence-electron chi connectivity index (χ0n) is 28.0. The molecule has 0 aliphatic heterocycles. The summed E-state index contributed by atoms with van der Waals surface area (Å²) in [6.45, 7) is 4.97. The fraction of sp³-hybridized carbons (Fsp3) is 0.538. The second kappa shape index (κ2) is 24.5. The molecule has 0 aromatic heterocycles. The van der Waals surface area contributed by atoms with E-state index >= 15 is 0 Å². The predicted molar refractivity (Wildman–Crippen MR) is 183 cm³/mol. The monoisotopic (exact) mass is 634 g/mol. The summed E-state index contributed by atoms with van der Waals surface area (Å²) in [5.41, 5.74) is 1.51. The molecule has 2 aromatic rings. The van der Waals surface area contributed by atoms with Crippen molar-refractivity contribution in [2.45, 2.75) is 117 Å². The molecule has 0 saturated carbocycles. The summed E-state index contributed by atoms with van der Waals surface area (Å²) in [6.07, 6.45) is 22.1. The van der Waals surface area contributed by atoms with E-state index in [9.17, 15) is 19.2 Å². The van der Waals surface area contributed by atoms with Crippen molar-refractivity contribution in [1.82, 2.24) is 0 Å². The van der Waals surface area contributed by atoms with Gasteiger partial charge < -0.3 is 14.2 Å². The van der Waals surface area contributed by atoms with E-state index in [1.807, 2.05) is 0 Å². The Hall–Kier alpha value is -3.74. The molecule has 0 unspecified atom stereocenters. The zero-order chi connectivity index (χ0) is 33.2. The van der Waals surface area contributed by atoms with Crippen LogP contribution in [0, 0.1) is 5.92 Å². The minimum Gasteiger partial charge on any atom is -0.465 e. The average molecular weight is 635 g/mol. The summed E-state index contributed by atoms with van der Waals surface area (Å²) in [4.78, 5) is 49.2. The van der Waals surface area contributed by atoms with Crippen molar-refractivity contribution in [3.63, 3.8) is 0 Å². The van der Waals surface area contributed by atoms with Crippen molar-refractivity contribution >= 4 is 30.3 Å².